The number of nitrogens with one attached hydrogen (secondary N) is 1. The monoisotopic (exact) mass is 327 g/mol. The van der Waals surface area contributed by atoms with Crippen LogP contribution < -0.4 is 10.1 Å². The highest BCUT2D eigenvalue weighted by molar-refractivity contribution is 5.94. The molecule has 24 heavy (non-hydrogen) atoms. The minimum atomic E-state index is -0.876. The molecule has 5 nitrogen and oxygen atoms in total. The van der Waals surface area contributed by atoms with Crippen LogP contribution in [0.4, 0.5) is 0 Å². The van der Waals surface area contributed by atoms with E-state index < -0.39 is 11.4 Å². The second kappa shape index (κ2) is 7.64. The second-order valence-electron chi connectivity index (χ2n) is 6.13. The quantitative estimate of drug-likeness (QED) is 0.813. The number of rotatable bonds is 7. The van der Waals surface area contributed by atoms with E-state index in [1.165, 1.54) is 0 Å². The molecule has 5 heteroatoms. The van der Waals surface area contributed by atoms with Gasteiger partial charge >= 0.3 is 5.97 Å². The number of hydrogen-bond donors (Lipinski definition) is 2. The van der Waals surface area contributed by atoms with Crippen molar-refractivity contribution in [1.82, 2.24) is 5.32 Å². The average Bonchev–Trinajstić information content (AvgIpc) is 2.56. The first kappa shape index (κ1) is 17.5. The van der Waals surface area contributed by atoms with Crippen molar-refractivity contribution < 1.29 is 19.4 Å². The number of aliphatic carboxylic acids is 1. The highest BCUT2D eigenvalue weighted by Crippen LogP contribution is 2.21. The van der Waals surface area contributed by atoms with Gasteiger partial charge in [0.05, 0.1) is 5.41 Å². The smallest absolute Gasteiger partial charge is 0.309 e. The number of amides is 1. The summed E-state index contributed by atoms with van der Waals surface area (Å²) in [6.07, 6.45) is 0.364. The van der Waals surface area contributed by atoms with Gasteiger partial charge in [-0.15, -0.1) is 0 Å². The zero-order valence-corrected chi connectivity index (χ0v) is 13.8. The van der Waals surface area contributed by atoms with Crippen LogP contribution in [-0.2, 0) is 4.79 Å². The first-order chi connectivity index (χ1) is 11.4. The van der Waals surface area contributed by atoms with Crippen LogP contribution in [0.2, 0.25) is 0 Å². The summed E-state index contributed by atoms with van der Waals surface area (Å²) in [7, 11) is 0. The Morgan fingerprint density at radius 3 is 2.17 bits per heavy atom. The van der Waals surface area contributed by atoms with Gasteiger partial charge in [0.15, 0.2) is 0 Å². The van der Waals surface area contributed by atoms with Crippen molar-refractivity contribution in [2.24, 2.45) is 5.41 Å². The van der Waals surface area contributed by atoms with E-state index in [1.54, 1.807) is 38.1 Å². The van der Waals surface area contributed by atoms with E-state index in [2.05, 4.69) is 5.32 Å². The van der Waals surface area contributed by atoms with E-state index in [9.17, 15) is 9.59 Å². The van der Waals surface area contributed by atoms with E-state index in [4.69, 9.17) is 9.84 Å². The summed E-state index contributed by atoms with van der Waals surface area (Å²) < 4.78 is 5.67. The van der Waals surface area contributed by atoms with E-state index in [-0.39, 0.29) is 5.91 Å². The lowest BCUT2D eigenvalue weighted by Gasteiger charge is -2.18. The molecule has 0 saturated heterocycles. The van der Waals surface area contributed by atoms with Gasteiger partial charge in [-0.3, -0.25) is 9.59 Å². The minimum absolute atomic E-state index is 0.234. The summed E-state index contributed by atoms with van der Waals surface area (Å²) in [5, 5.41) is 11.8. The molecule has 0 heterocycles. The van der Waals surface area contributed by atoms with Crippen molar-refractivity contribution in [2.75, 3.05) is 6.54 Å². The molecule has 0 radical (unpaired) electrons. The molecule has 0 atom stereocenters. The number of benzene rings is 2. The number of carbonyl (C=O) groups is 2. The highest BCUT2D eigenvalue weighted by Gasteiger charge is 2.26. The van der Waals surface area contributed by atoms with Crippen LogP contribution >= 0.6 is 0 Å². The lowest BCUT2D eigenvalue weighted by atomic mass is 9.90. The number of hydrogen-bond acceptors (Lipinski definition) is 3. The van der Waals surface area contributed by atoms with Gasteiger partial charge in [0.1, 0.15) is 11.5 Å². The van der Waals surface area contributed by atoms with Crippen molar-refractivity contribution in [2.45, 2.75) is 20.3 Å². The molecule has 2 aromatic rings. The van der Waals surface area contributed by atoms with Crippen molar-refractivity contribution in [3.05, 3.63) is 60.2 Å². The molecule has 0 aliphatic rings. The Hall–Kier alpha value is -2.82. The molecule has 126 valence electrons. The van der Waals surface area contributed by atoms with Gasteiger partial charge in [-0.1, -0.05) is 18.2 Å². The van der Waals surface area contributed by atoms with Crippen LogP contribution in [0.15, 0.2) is 54.6 Å². The number of carboxylic acids is 1. The lowest BCUT2D eigenvalue weighted by molar-refractivity contribution is -0.147. The minimum Gasteiger partial charge on any atom is -0.481 e. The van der Waals surface area contributed by atoms with Crippen LogP contribution in [0, 0.1) is 5.41 Å². The van der Waals surface area contributed by atoms with Gasteiger partial charge in [0.2, 0.25) is 0 Å². The molecule has 0 fully saturated rings. The standard InChI is InChI=1S/C19H21NO4/c1-19(2,18(22)23)12-13-20-17(21)14-8-10-16(11-9-14)24-15-6-4-3-5-7-15/h3-11H,12-13H2,1-2H3,(H,20,21)(H,22,23). The fourth-order valence-electron chi connectivity index (χ4n) is 2.00. The van der Waals surface area contributed by atoms with E-state index in [1.807, 2.05) is 30.3 Å². The average molecular weight is 327 g/mol. The summed E-state index contributed by atoms with van der Waals surface area (Å²) in [5.41, 5.74) is -0.357. The summed E-state index contributed by atoms with van der Waals surface area (Å²) >= 11 is 0. The van der Waals surface area contributed by atoms with E-state index in [0.717, 1.165) is 5.75 Å². The summed E-state index contributed by atoms with van der Waals surface area (Å²) in [4.78, 5) is 23.1. The third-order valence-electron chi connectivity index (χ3n) is 3.71. The predicted octanol–water partition coefficient (Wildman–Crippen LogP) is 3.71. The molecule has 2 rings (SSSR count). The van der Waals surface area contributed by atoms with Gasteiger partial charge in [-0.05, 0) is 56.7 Å². The first-order valence-corrected chi connectivity index (χ1v) is 7.73. The predicted molar refractivity (Wildman–Crippen MR) is 91.3 cm³/mol. The first-order valence-electron chi connectivity index (χ1n) is 7.73. The normalized spacial score (nSPS) is 10.9. The number of para-hydroxylation sites is 1. The fourth-order valence-corrected chi connectivity index (χ4v) is 2.00. The van der Waals surface area contributed by atoms with E-state index >= 15 is 0 Å². The molecule has 0 aliphatic heterocycles. The third-order valence-corrected chi connectivity index (χ3v) is 3.71. The van der Waals surface area contributed by atoms with E-state index in [0.29, 0.717) is 24.3 Å². The summed E-state index contributed by atoms with van der Waals surface area (Å²) in [6.45, 7) is 3.58. The molecule has 1 amide bonds. The van der Waals surface area contributed by atoms with Gasteiger partial charge in [-0.2, -0.15) is 0 Å². The van der Waals surface area contributed by atoms with Gasteiger partial charge in [0, 0.05) is 12.1 Å². The van der Waals surface area contributed by atoms with Crippen molar-refractivity contribution in [1.29, 1.82) is 0 Å². The second-order valence-corrected chi connectivity index (χ2v) is 6.13. The van der Waals surface area contributed by atoms with Crippen molar-refractivity contribution in [3.63, 3.8) is 0 Å². The summed E-state index contributed by atoms with van der Waals surface area (Å²) in [5.74, 6) is 0.261. The Labute approximate surface area is 141 Å². The molecule has 0 aromatic heterocycles. The topological polar surface area (TPSA) is 75.6 Å². The Bertz CT molecular complexity index is 693. The highest BCUT2D eigenvalue weighted by atomic mass is 16.5. The summed E-state index contributed by atoms with van der Waals surface area (Å²) in [6, 6.07) is 16.2. The zero-order valence-electron chi connectivity index (χ0n) is 13.8. The van der Waals surface area contributed by atoms with Crippen LogP contribution in [0.25, 0.3) is 0 Å². The van der Waals surface area contributed by atoms with Crippen LogP contribution in [0.1, 0.15) is 30.6 Å². The maximum Gasteiger partial charge on any atom is 0.309 e. The van der Waals surface area contributed by atoms with Crippen molar-refractivity contribution in [3.8, 4) is 11.5 Å². The number of carboxylic acid groups (broad SMARTS) is 1. The van der Waals surface area contributed by atoms with Gasteiger partial charge in [-0.25, -0.2) is 0 Å². The maximum atomic E-state index is 12.1. The maximum absolute atomic E-state index is 12.1. The Morgan fingerprint density at radius 1 is 1.00 bits per heavy atom. The molecule has 0 spiro atoms. The SMILES string of the molecule is CC(C)(CCNC(=O)c1ccc(Oc2ccccc2)cc1)C(=O)O. The lowest BCUT2D eigenvalue weighted by Crippen LogP contribution is -2.31. The molecule has 0 aliphatic carbocycles. The van der Waals surface area contributed by atoms with Crippen molar-refractivity contribution >= 4 is 11.9 Å². The Kier molecular flexibility index (Phi) is 5.58. The molecule has 0 saturated carbocycles. The van der Waals surface area contributed by atoms with Crippen LogP contribution in [0.3, 0.4) is 0 Å². The van der Waals surface area contributed by atoms with Crippen LogP contribution in [-0.4, -0.2) is 23.5 Å². The molecule has 2 aromatic carbocycles. The zero-order chi connectivity index (χ0) is 17.6. The Balaban J connectivity index is 1.88. The fraction of sp³-hybridized carbons (Fsp3) is 0.263. The molecular formula is C19H21NO4. The van der Waals surface area contributed by atoms with Gasteiger partial charge < -0.3 is 15.2 Å². The largest absolute Gasteiger partial charge is 0.481 e. The van der Waals surface area contributed by atoms with Gasteiger partial charge in [0.25, 0.3) is 5.91 Å². The number of ether oxygens (including phenoxy) is 1. The molecule has 0 bridgehead atoms. The molecule has 2 N–H and O–H groups in total. The van der Waals surface area contributed by atoms with Crippen LogP contribution in [0.5, 0.6) is 11.5 Å². The molecular weight excluding hydrogens is 306 g/mol. The Morgan fingerprint density at radius 2 is 1.58 bits per heavy atom. The third kappa shape index (κ3) is 4.84. The molecule has 0 unspecified atom stereocenters. The number of carbonyl (C=O) groups excluding carboxylic acids is 1.